The number of halogens is 6. The molecule has 1 aromatic heterocycles. The summed E-state index contributed by atoms with van der Waals surface area (Å²) in [5.41, 5.74) is -3.94. The number of nitrogens with one attached hydrogen (secondary N) is 1. The number of alkyl halides is 6. The molecule has 0 saturated heterocycles. The highest BCUT2D eigenvalue weighted by molar-refractivity contribution is 5.48. The van der Waals surface area contributed by atoms with Gasteiger partial charge in [-0.25, -0.2) is 10.5 Å². The van der Waals surface area contributed by atoms with E-state index >= 15 is 0 Å². The molecule has 1 heterocycles. The molecule has 0 bridgehead atoms. The van der Waals surface area contributed by atoms with E-state index in [4.69, 9.17) is 4.84 Å². The van der Waals surface area contributed by atoms with Crippen LogP contribution in [0.4, 0.5) is 32.2 Å². The third kappa shape index (κ3) is 4.56. The Hall–Kier alpha value is -2.27. The number of hydrogen-bond donors (Lipinski definition) is 2. The molecule has 0 atom stereocenters. The summed E-state index contributed by atoms with van der Waals surface area (Å²) in [5, 5.41) is 9.55. The fourth-order valence-corrected chi connectivity index (χ4v) is 2.66. The summed E-state index contributed by atoms with van der Waals surface area (Å²) in [5.74, 6) is 0.727. The van der Waals surface area contributed by atoms with Crippen LogP contribution in [-0.4, -0.2) is 32.6 Å². The minimum atomic E-state index is -5.95. The van der Waals surface area contributed by atoms with Gasteiger partial charge in [0.2, 0.25) is 0 Å². The van der Waals surface area contributed by atoms with E-state index in [2.05, 4.69) is 10.5 Å². The molecule has 1 aromatic carbocycles. The van der Waals surface area contributed by atoms with Crippen molar-refractivity contribution in [1.82, 2.24) is 9.55 Å². The van der Waals surface area contributed by atoms with E-state index in [0.717, 1.165) is 12.1 Å². The molecule has 30 heavy (non-hydrogen) atoms. The standard InChI is InChI=1S/C19H23F6N3O2/c1-11(2)15-26-10-14(27-30-16(3,4)5)28(15)13-8-6-12(7-9-13)17(29,18(20,21)22)19(23,24)25/h6-11,27,29H,1-5H3. The van der Waals surface area contributed by atoms with Gasteiger partial charge in [-0.2, -0.15) is 26.3 Å². The Bertz CT molecular complexity index is 850. The summed E-state index contributed by atoms with van der Waals surface area (Å²) >= 11 is 0. The molecular formula is C19H23F6N3O2. The zero-order valence-electron chi connectivity index (χ0n) is 17.0. The highest BCUT2D eigenvalue weighted by Crippen LogP contribution is 2.50. The van der Waals surface area contributed by atoms with Crippen LogP contribution >= 0.6 is 0 Å². The van der Waals surface area contributed by atoms with Gasteiger partial charge in [-0.05, 0) is 32.9 Å². The molecule has 0 aliphatic heterocycles. The van der Waals surface area contributed by atoms with Gasteiger partial charge in [0, 0.05) is 17.2 Å². The van der Waals surface area contributed by atoms with Crippen LogP contribution in [0.2, 0.25) is 0 Å². The van der Waals surface area contributed by atoms with Gasteiger partial charge in [0.05, 0.1) is 11.8 Å². The van der Waals surface area contributed by atoms with Gasteiger partial charge < -0.3 is 5.11 Å². The molecular weight excluding hydrogens is 416 g/mol. The zero-order chi connectivity index (χ0) is 23.1. The molecule has 11 heteroatoms. The second-order valence-corrected chi connectivity index (χ2v) is 8.06. The minimum Gasteiger partial charge on any atom is -0.369 e. The van der Waals surface area contributed by atoms with Crippen LogP contribution in [0.5, 0.6) is 0 Å². The third-order valence-electron chi connectivity index (χ3n) is 4.13. The molecule has 0 aliphatic carbocycles. The Morgan fingerprint density at radius 3 is 1.87 bits per heavy atom. The Balaban J connectivity index is 2.54. The Morgan fingerprint density at radius 1 is 0.967 bits per heavy atom. The Labute approximate surface area is 169 Å². The van der Waals surface area contributed by atoms with Gasteiger partial charge in [-0.1, -0.05) is 26.0 Å². The Kier molecular flexibility index (Phi) is 6.22. The van der Waals surface area contributed by atoms with Gasteiger partial charge in [0.25, 0.3) is 5.60 Å². The largest absolute Gasteiger partial charge is 0.430 e. The monoisotopic (exact) mass is 439 g/mol. The lowest BCUT2D eigenvalue weighted by molar-refractivity contribution is -0.376. The maximum atomic E-state index is 13.1. The lowest BCUT2D eigenvalue weighted by atomic mass is 9.92. The van der Waals surface area contributed by atoms with Crippen LogP contribution in [-0.2, 0) is 10.4 Å². The van der Waals surface area contributed by atoms with Crippen LogP contribution in [0, 0.1) is 0 Å². The SMILES string of the molecule is CC(C)c1ncc(NOC(C)(C)C)n1-c1ccc(C(O)(C(F)(F)F)C(F)(F)F)cc1. The van der Waals surface area contributed by atoms with Crippen molar-refractivity contribution < 1.29 is 36.3 Å². The molecule has 5 nitrogen and oxygen atoms in total. The Morgan fingerprint density at radius 2 is 1.47 bits per heavy atom. The number of aliphatic hydroxyl groups is 1. The zero-order valence-corrected chi connectivity index (χ0v) is 17.0. The molecule has 0 saturated carbocycles. The molecule has 2 rings (SSSR count). The summed E-state index contributed by atoms with van der Waals surface area (Å²) in [6, 6.07) is 3.28. The summed E-state index contributed by atoms with van der Waals surface area (Å²) in [6.07, 6.45) is -10.5. The first kappa shape index (κ1) is 24.0. The maximum Gasteiger partial charge on any atom is 0.430 e. The van der Waals surface area contributed by atoms with Crippen LogP contribution in [0.15, 0.2) is 30.5 Å². The number of anilines is 1. The number of aromatic nitrogens is 2. The number of rotatable bonds is 5. The van der Waals surface area contributed by atoms with E-state index < -0.39 is 29.1 Å². The number of hydrogen-bond acceptors (Lipinski definition) is 4. The highest BCUT2D eigenvalue weighted by atomic mass is 19.4. The minimum absolute atomic E-state index is 0.114. The van der Waals surface area contributed by atoms with E-state index in [-0.39, 0.29) is 11.6 Å². The van der Waals surface area contributed by atoms with Crippen LogP contribution in [0.1, 0.15) is 51.9 Å². The molecule has 0 aliphatic rings. The average molecular weight is 439 g/mol. The van der Waals surface area contributed by atoms with Crippen molar-refractivity contribution >= 4 is 5.82 Å². The predicted octanol–water partition coefficient (Wildman–Crippen LogP) is 5.45. The summed E-state index contributed by atoms with van der Waals surface area (Å²) in [6.45, 7) is 9.01. The fourth-order valence-electron chi connectivity index (χ4n) is 2.66. The number of imidazole rings is 1. The van der Waals surface area contributed by atoms with Crippen molar-refractivity contribution in [3.05, 3.63) is 41.9 Å². The van der Waals surface area contributed by atoms with Crippen molar-refractivity contribution in [3.8, 4) is 5.69 Å². The number of benzene rings is 1. The summed E-state index contributed by atoms with van der Waals surface area (Å²) < 4.78 is 80.1. The molecule has 0 spiro atoms. The van der Waals surface area contributed by atoms with Crippen molar-refractivity contribution in [3.63, 3.8) is 0 Å². The molecule has 168 valence electrons. The van der Waals surface area contributed by atoms with Gasteiger partial charge >= 0.3 is 12.4 Å². The first-order chi connectivity index (χ1) is 13.5. The van der Waals surface area contributed by atoms with Crippen molar-refractivity contribution in [1.29, 1.82) is 0 Å². The van der Waals surface area contributed by atoms with Crippen molar-refractivity contribution in [2.45, 2.75) is 64.1 Å². The third-order valence-corrected chi connectivity index (χ3v) is 4.13. The van der Waals surface area contributed by atoms with E-state index in [1.807, 2.05) is 13.8 Å². The van der Waals surface area contributed by atoms with Crippen molar-refractivity contribution in [2.24, 2.45) is 0 Å². The van der Waals surface area contributed by atoms with Crippen LogP contribution in [0.3, 0.4) is 0 Å². The topological polar surface area (TPSA) is 59.3 Å². The lowest BCUT2D eigenvalue weighted by Crippen LogP contribution is -2.53. The normalized spacial score (nSPS) is 13.8. The predicted molar refractivity (Wildman–Crippen MR) is 98.1 cm³/mol. The van der Waals surface area contributed by atoms with E-state index in [1.54, 1.807) is 20.8 Å². The first-order valence-corrected chi connectivity index (χ1v) is 8.97. The maximum absolute atomic E-state index is 13.1. The molecule has 0 radical (unpaired) electrons. The first-order valence-electron chi connectivity index (χ1n) is 8.97. The van der Waals surface area contributed by atoms with Crippen LogP contribution in [0.25, 0.3) is 5.69 Å². The molecule has 0 amide bonds. The van der Waals surface area contributed by atoms with Gasteiger partial charge in [-0.3, -0.25) is 9.40 Å². The van der Waals surface area contributed by atoms with E-state index in [0.29, 0.717) is 23.8 Å². The van der Waals surface area contributed by atoms with Crippen molar-refractivity contribution in [2.75, 3.05) is 5.48 Å². The quantitative estimate of drug-likeness (QED) is 0.481. The van der Waals surface area contributed by atoms with E-state index in [1.165, 1.54) is 10.8 Å². The smallest absolute Gasteiger partial charge is 0.369 e. The van der Waals surface area contributed by atoms with Gasteiger partial charge in [0.1, 0.15) is 5.82 Å². The van der Waals surface area contributed by atoms with Crippen LogP contribution < -0.4 is 5.48 Å². The highest BCUT2D eigenvalue weighted by Gasteiger charge is 2.71. The van der Waals surface area contributed by atoms with E-state index in [9.17, 15) is 31.4 Å². The molecule has 2 N–H and O–H groups in total. The molecule has 2 aromatic rings. The van der Waals surface area contributed by atoms with Gasteiger partial charge in [0.15, 0.2) is 5.82 Å². The average Bonchev–Trinajstić information content (AvgIpc) is 3.01. The number of nitrogens with zero attached hydrogens (tertiary/aromatic N) is 2. The molecule has 0 unspecified atom stereocenters. The second kappa shape index (κ2) is 7.77. The summed E-state index contributed by atoms with van der Waals surface area (Å²) in [7, 11) is 0. The molecule has 0 fully saturated rings. The summed E-state index contributed by atoms with van der Waals surface area (Å²) in [4.78, 5) is 9.74. The van der Waals surface area contributed by atoms with Gasteiger partial charge in [-0.15, -0.1) is 0 Å². The fraction of sp³-hybridized carbons (Fsp3) is 0.526. The second-order valence-electron chi connectivity index (χ2n) is 8.06. The lowest BCUT2D eigenvalue weighted by Gasteiger charge is -2.32.